The van der Waals surface area contributed by atoms with Crippen LogP contribution in [0.25, 0.3) is 0 Å². The van der Waals surface area contributed by atoms with Crippen molar-refractivity contribution < 1.29 is 24.6 Å². The molecule has 0 spiro atoms. The number of rotatable bonds is 5. The van der Waals surface area contributed by atoms with Crippen molar-refractivity contribution in [2.75, 3.05) is 0 Å². The normalized spacial score (nSPS) is 23.9. The van der Waals surface area contributed by atoms with E-state index < -0.39 is 33.7 Å². The zero-order valence-electron chi connectivity index (χ0n) is 10.9. The SMILES string of the molecule is CC(C)(C)C(=O)C1C[C@@H](O[N+](=O)[O-])[C@H](O[N+](=O)[O-])C1. The standard InChI is InChI=1S/C10H16N2O7/c1-10(2,3)9(13)6-4-7(18-11(14)15)8(5-6)19-12(16)17/h6-8H,4-5H2,1-3H3/t7-,8-/m1/s1. The van der Waals surface area contributed by atoms with Gasteiger partial charge in [-0.2, -0.15) is 0 Å². The second-order valence-corrected chi connectivity index (χ2v) is 5.52. The van der Waals surface area contributed by atoms with Gasteiger partial charge in [-0.05, 0) is 12.8 Å². The fourth-order valence-corrected chi connectivity index (χ4v) is 2.23. The fourth-order valence-electron chi connectivity index (χ4n) is 2.23. The molecule has 1 aliphatic rings. The summed E-state index contributed by atoms with van der Waals surface area (Å²) in [6.07, 6.45) is -2.07. The summed E-state index contributed by atoms with van der Waals surface area (Å²) < 4.78 is 0. The summed E-state index contributed by atoms with van der Waals surface area (Å²) in [7, 11) is 0. The van der Waals surface area contributed by atoms with E-state index in [2.05, 4.69) is 9.68 Å². The summed E-state index contributed by atoms with van der Waals surface area (Å²) >= 11 is 0. The minimum atomic E-state index is -1.09. The number of ketones is 1. The predicted octanol–water partition coefficient (Wildman–Crippen LogP) is 1.17. The van der Waals surface area contributed by atoms with E-state index in [0.29, 0.717) is 0 Å². The van der Waals surface area contributed by atoms with Crippen LogP contribution in [0.15, 0.2) is 0 Å². The smallest absolute Gasteiger partial charge is 0.294 e. The number of Topliss-reactive ketones (excluding diaryl/α,β-unsaturated/α-hetero) is 1. The van der Waals surface area contributed by atoms with E-state index in [1.807, 2.05) is 0 Å². The maximum absolute atomic E-state index is 12.1. The fraction of sp³-hybridized carbons (Fsp3) is 0.900. The predicted molar refractivity (Wildman–Crippen MR) is 60.9 cm³/mol. The van der Waals surface area contributed by atoms with Gasteiger partial charge < -0.3 is 9.68 Å². The van der Waals surface area contributed by atoms with Crippen LogP contribution in [-0.2, 0) is 14.5 Å². The van der Waals surface area contributed by atoms with E-state index >= 15 is 0 Å². The Labute approximate surface area is 109 Å². The van der Waals surface area contributed by atoms with Gasteiger partial charge in [0.25, 0.3) is 10.2 Å². The molecule has 0 bridgehead atoms. The molecule has 9 heteroatoms. The molecule has 1 aliphatic carbocycles. The second-order valence-electron chi connectivity index (χ2n) is 5.52. The molecule has 0 aromatic heterocycles. The summed E-state index contributed by atoms with van der Waals surface area (Å²) in [4.78, 5) is 41.5. The molecule has 0 aromatic carbocycles. The average Bonchev–Trinajstić information content (AvgIpc) is 2.57. The number of hydrogen-bond acceptors (Lipinski definition) is 7. The Morgan fingerprint density at radius 1 is 1.05 bits per heavy atom. The number of nitrogens with zero attached hydrogens (tertiary/aromatic N) is 2. The molecule has 0 radical (unpaired) electrons. The molecule has 2 atom stereocenters. The molecule has 0 N–H and O–H groups in total. The summed E-state index contributed by atoms with van der Waals surface area (Å²) in [6.45, 7) is 5.17. The summed E-state index contributed by atoms with van der Waals surface area (Å²) in [6, 6.07) is 0. The van der Waals surface area contributed by atoms with E-state index in [0.717, 1.165) is 0 Å². The van der Waals surface area contributed by atoms with Gasteiger partial charge in [0, 0.05) is 11.3 Å². The van der Waals surface area contributed by atoms with Crippen molar-refractivity contribution in [3.8, 4) is 0 Å². The highest BCUT2D eigenvalue weighted by molar-refractivity contribution is 5.86. The topological polar surface area (TPSA) is 122 Å². The first kappa shape index (κ1) is 15.1. The van der Waals surface area contributed by atoms with Gasteiger partial charge in [0.1, 0.15) is 18.0 Å². The first-order valence-corrected chi connectivity index (χ1v) is 5.78. The van der Waals surface area contributed by atoms with Crippen LogP contribution in [0.4, 0.5) is 0 Å². The Kier molecular flexibility index (Phi) is 4.28. The Balaban J connectivity index is 2.78. The highest BCUT2D eigenvalue weighted by Gasteiger charge is 2.44. The van der Waals surface area contributed by atoms with E-state index in [9.17, 15) is 25.0 Å². The van der Waals surface area contributed by atoms with Crippen LogP contribution in [0.5, 0.6) is 0 Å². The highest BCUT2D eigenvalue weighted by atomic mass is 17.0. The maximum Gasteiger partial charge on any atom is 0.294 e. The number of hydrogen-bond donors (Lipinski definition) is 0. The largest absolute Gasteiger partial charge is 0.308 e. The molecule has 9 nitrogen and oxygen atoms in total. The lowest BCUT2D eigenvalue weighted by Gasteiger charge is -2.21. The van der Waals surface area contributed by atoms with E-state index in [1.54, 1.807) is 20.8 Å². The lowest BCUT2D eigenvalue weighted by molar-refractivity contribution is -0.797. The van der Waals surface area contributed by atoms with Crippen LogP contribution >= 0.6 is 0 Å². The monoisotopic (exact) mass is 276 g/mol. The molecule has 0 amide bonds. The van der Waals surface area contributed by atoms with Crippen molar-refractivity contribution in [2.45, 2.75) is 45.8 Å². The van der Waals surface area contributed by atoms with E-state index in [1.165, 1.54) is 0 Å². The van der Waals surface area contributed by atoms with Crippen LogP contribution in [0.1, 0.15) is 33.6 Å². The highest BCUT2D eigenvalue weighted by Crippen LogP contribution is 2.35. The van der Waals surface area contributed by atoms with Gasteiger partial charge in [0.05, 0.1) is 0 Å². The Morgan fingerprint density at radius 3 is 1.68 bits per heavy atom. The zero-order chi connectivity index (χ0) is 14.8. The van der Waals surface area contributed by atoms with Gasteiger partial charge in [0.2, 0.25) is 0 Å². The Morgan fingerprint density at radius 2 is 1.42 bits per heavy atom. The third-order valence-corrected chi connectivity index (χ3v) is 3.00. The summed E-state index contributed by atoms with van der Waals surface area (Å²) in [5.41, 5.74) is -0.618. The molecule has 0 unspecified atom stereocenters. The summed E-state index contributed by atoms with van der Waals surface area (Å²) in [5.74, 6) is -0.645. The molecule has 0 saturated heterocycles. The van der Waals surface area contributed by atoms with Crippen molar-refractivity contribution in [3.05, 3.63) is 20.2 Å². The van der Waals surface area contributed by atoms with Crippen LogP contribution in [0, 0.1) is 31.6 Å². The third-order valence-electron chi connectivity index (χ3n) is 3.00. The van der Waals surface area contributed by atoms with Crippen molar-refractivity contribution in [1.82, 2.24) is 0 Å². The molecule has 0 aliphatic heterocycles. The van der Waals surface area contributed by atoms with Gasteiger partial charge in [-0.15, -0.1) is 20.2 Å². The minimum absolute atomic E-state index is 0.0512. The van der Waals surface area contributed by atoms with Gasteiger partial charge in [-0.3, -0.25) is 4.79 Å². The molecule has 0 aromatic rings. The number of carbonyl (C=O) groups is 1. The summed E-state index contributed by atoms with van der Waals surface area (Å²) in [5, 5.41) is 18.6. The molecule has 19 heavy (non-hydrogen) atoms. The molecular formula is C10H16N2O7. The minimum Gasteiger partial charge on any atom is -0.308 e. The third kappa shape index (κ3) is 4.04. The van der Waals surface area contributed by atoms with Gasteiger partial charge in [-0.25, -0.2) is 0 Å². The van der Waals surface area contributed by atoms with Gasteiger partial charge >= 0.3 is 0 Å². The molecule has 0 heterocycles. The average molecular weight is 276 g/mol. The molecular weight excluding hydrogens is 260 g/mol. The molecule has 1 fully saturated rings. The quantitative estimate of drug-likeness (QED) is 0.545. The van der Waals surface area contributed by atoms with Crippen molar-refractivity contribution in [3.63, 3.8) is 0 Å². The van der Waals surface area contributed by atoms with Crippen LogP contribution in [0.3, 0.4) is 0 Å². The zero-order valence-corrected chi connectivity index (χ0v) is 10.9. The van der Waals surface area contributed by atoms with Gasteiger partial charge in [-0.1, -0.05) is 20.8 Å². The maximum atomic E-state index is 12.1. The lowest BCUT2D eigenvalue weighted by Crippen LogP contribution is -2.30. The van der Waals surface area contributed by atoms with Crippen LogP contribution in [0.2, 0.25) is 0 Å². The lowest BCUT2D eigenvalue weighted by atomic mass is 9.82. The van der Waals surface area contributed by atoms with Crippen molar-refractivity contribution >= 4 is 5.78 Å². The van der Waals surface area contributed by atoms with Crippen LogP contribution in [-0.4, -0.2) is 28.2 Å². The van der Waals surface area contributed by atoms with Crippen molar-refractivity contribution in [1.29, 1.82) is 0 Å². The first-order chi connectivity index (χ1) is 8.61. The van der Waals surface area contributed by atoms with Crippen LogP contribution < -0.4 is 0 Å². The Hall–Kier alpha value is -1.93. The molecule has 108 valence electrons. The molecule has 1 rings (SSSR count). The van der Waals surface area contributed by atoms with E-state index in [4.69, 9.17) is 0 Å². The van der Waals surface area contributed by atoms with Crippen molar-refractivity contribution in [2.24, 2.45) is 11.3 Å². The first-order valence-electron chi connectivity index (χ1n) is 5.78. The van der Waals surface area contributed by atoms with E-state index in [-0.39, 0.29) is 18.6 Å². The Bertz CT molecular complexity index is 366. The molecule has 1 saturated carbocycles. The number of carbonyl (C=O) groups excluding carboxylic acids is 1. The van der Waals surface area contributed by atoms with Gasteiger partial charge in [0.15, 0.2) is 0 Å². The second kappa shape index (κ2) is 5.37.